The van der Waals surface area contributed by atoms with Crippen molar-refractivity contribution in [3.05, 3.63) is 77.9 Å². The molecule has 1 atom stereocenters. The third-order valence-electron chi connectivity index (χ3n) is 5.66. The molecule has 1 amide bonds. The lowest BCUT2D eigenvalue weighted by molar-refractivity contribution is -0.144. The third kappa shape index (κ3) is 6.38. The van der Waals surface area contributed by atoms with E-state index < -0.39 is 17.9 Å². The molecule has 0 saturated carbocycles. The summed E-state index contributed by atoms with van der Waals surface area (Å²) in [4.78, 5) is 30.7. The molecule has 0 bridgehead atoms. The molecule has 3 rings (SSSR count). The van der Waals surface area contributed by atoms with Gasteiger partial charge in [0.05, 0.1) is 39.6 Å². The Morgan fingerprint density at radius 1 is 0.784 bits per heavy atom. The molecule has 194 valence electrons. The molecule has 0 radical (unpaired) electrons. The van der Waals surface area contributed by atoms with Crippen molar-refractivity contribution in [3.63, 3.8) is 0 Å². The number of nitrogens with zero attached hydrogens (tertiary/aromatic N) is 1. The molecule has 3 aromatic carbocycles. The Morgan fingerprint density at radius 2 is 1.38 bits per heavy atom. The van der Waals surface area contributed by atoms with Crippen molar-refractivity contribution in [1.29, 1.82) is 0 Å². The quantitative estimate of drug-likeness (QED) is 0.241. The third-order valence-corrected chi connectivity index (χ3v) is 5.66. The van der Waals surface area contributed by atoms with Gasteiger partial charge in [-0.2, -0.15) is 0 Å². The molecule has 9 nitrogen and oxygen atoms in total. The van der Waals surface area contributed by atoms with Gasteiger partial charge in [-0.05, 0) is 35.4 Å². The summed E-state index contributed by atoms with van der Waals surface area (Å²) in [5.41, 5.74) is 2.88. The molecule has 0 aliphatic carbocycles. The number of hydrogen-bond donors (Lipinski definition) is 1. The highest BCUT2D eigenvalue weighted by atomic mass is 16.6. The average Bonchev–Trinajstić information content (AvgIpc) is 2.94. The van der Waals surface area contributed by atoms with Crippen LogP contribution in [0.1, 0.15) is 11.1 Å². The lowest BCUT2D eigenvalue weighted by Gasteiger charge is -2.18. The molecule has 0 spiro atoms. The van der Waals surface area contributed by atoms with Crippen LogP contribution in [0.15, 0.2) is 71.9 Å². The van der Waals surface area contributed by atoms with Crippen molar-refractivity contribution in [2.24, 2.45) is 5.16 Å². The summed E-state index contributed by atoms with van der Waals surface area (Å²) in [6, 6.07) is 19.0. The summed E-state index contributed by atoms with van der Waals surface area (Å²) < 4.78 is 21.3. The summed E-state index contributed by atoms with van der Waals surface area (Å²) in [5, 5.41) is 6.59. The van der Waals surface area contributed by atoms with Crippen LogP contribution in [0.4, 0.5) is 0 Å². The van der Waals surface area contributed by atoms with E-state index in [9.17, 15) is 9.59 Å². The minimum atomic E-state index is -0.971. The Morgan fingerprint density at radius 3 is 1.95 bits per heavy atom. The van der Waals surface area contributed by atoms with Gasteiger partial charge in [0.2, 0.25) is 0 Å². The topological polar surface area (TPSA) is 105 Å². The number of hydrogen-bond acceptors (Lipinski definition) is 8. The van der Waals surface area contributed by atoms with Crippen LogP contribution in [-0.4, -0.2) is 59.2 Å². The largest absolute Gasteiger partial charge is 0.496 e. The van der Waals surface area contributed by atoms with E-state index in [0.717, 1.165) is 16.7 Å². The predicted molar refractivity (Wildman–Crippen MR) is 139 cm³/mol. The molecule has 0 heterocycles. The fraction of sp³-hybridized carbons (Fsp3) is 0.250. The van der Waals surface area contributed by atoms with Gasteiger partial charge < -0.3 is 29.1 Å². The average molecular weight is 507 g/mol. The summed E-state index contributed by atoms with van der Waals surface area (Å²) >= 11 is 0. The van der Waals surface area contributed by atoms with Gasteiger partial charge in [-0.15, -0.1) is 0 Å². The number of oxime groups is 1. The van der Waals surface area contributed by atoms with Crippen LogP contribution in [0.5, 0.6) is 17.2 Å². The molecule has 1 N–H and O–H groups in total. The molecule has 0 unspecified atom stereocenters. The first-order chi connectivity index (χ1) is 18.0. The Kier molecular flexibility index (Phi) is 9.48. The molecule has 9 heteroatoms. The van der Waals surface area contributed by atoms with Gasteiger partial charge >= 0.3 is 5.97 Å². The van der Waals surface area contributed by atoms with Crippen LogP contribution in [-0.2, 0) is 25.6 Å². The zero-order valence-corrected chi connectivity index (χ0v) is 21.4. The molecule has 0 fully saturated rings. The lowest BCUT2D eigenvalue weighted by atomic mass is 9.99. The van der Waals surface area contributed by atoms with E-state index >= 15 is 0 Å². The smallest absolute Gasteiger partial charge is 0.328 e. The normalized spacial score (nSPS) is 11.8. The Labute approximate surface area is 215 Å². The van der Waals surface area contributed by atoms with Gasteiger partial charge in [-0.3, -0.25) is 4.79 Å². The lowest BCUT2D eigenvalue weighted by Crippen LogP contribution is -2.46. The molecular formula is C28H30N2O7. The second kappa shape index (κ2) is 13.0. The van der Waals surface area contributed by atoms with Crippen molar-refractivity contribution in [3.8, 4) is 28.4 Å². The zero-order chi connectivity index (χ0) is 26.8. The second-order valence-electron chi connectivity index (χ2n) is 7.81. The van der Waals surface area contributed by atoms with Gasteiger partial charge in [-0.25, -0.2) is 4.79 Å². The molecule has 3 aromatic rings. The first-order valence-corrected chi connectivity index (χ1v) is 11.4. The number of methoxy groups -OCH3 is 4. The first kappa shape index (κ1) is 27.1. The summed E-state index contributed by atoms with van der Waals surface area (Å²) in [6.07, 6.45) is 0.188. The summed E-state index contributed by atoms with van der Waals surface area (Å²) in [7, 11) is 7.29. The van der Waals surface area contributed by atoms with Crippen molar-refractivity contribution >= 4 is 17.6 Å². The monoisotopic (exact) mass is 506 g/mol. The maximum Gasteiger partial charge on any atom is 0.328 e. The van der Waals surface area contributed by atoms with Gasteiger partial charge in [0.25, 0.3) is 5.91 Å². The van der Waals surface area contributed by atoms with Crippen LogP contribution in [0.2, 0.25) is 0 Å². The number of carbonyl (C=O) groups is 2. The van der Waals surface area contributed by atoms with E-state index in [2.05, 4.69) is 10.5 Å². The zero-order valence-electron chi connectivity index (χ0n) is 21.4. The van der Waals surface area contributed by atoms with E-state index in [0.29, 0.717) is 22.8 Å². The number of nitrogens with one attached hydrogen (secondary N) is 1. The fourth-order valence-electron chi connectivity index (χ4n) is 3.89. The highest BCUT2D eigenvalue weighted by molar-refractivity contribution is 6.46. The second-order valence-corrected chi connectivity index (χ2v) is 7.81. The van der Waals surface area contributed by atoms with Crippen LogP contribution in [0, 0.1) is 0 Å². The molecule has 0 aliphatic heterocycles. The molecule has 0 aliphatic rings. The number of ether oxygens (including phenoxy) is 4. The van der Waals surface area contributed by atoms with Crippen molar-refractivity contribution in [2.75, 3.05) is 35.5 Å². The highest BCUT2D eigenvalue weighted by Gasteiger charge is 2.27. The van der Waals surface area contributed by atoms with Crippen molar-refractivity contribution < 1.29 is 33.4 Å². The van der Waals surface area contributed by atoms with Crippen LogP contribution in [0.25, 0.3) is 11.1 Å². The number of rotatable bonds is 11. The maximum atomic E-state index is 13.2. The minimum Gasteiger partial charge on any atom is -0.496 e. The SMILES string of the molecule is CON=C(C(=O)N[C@@H](Cc1ccc(-c2c(OC)cccc2OC)cc1)C(=O)OC)c1ccccc1OC. The predicted octanol–water partition coefficient (Wildman–Crippen LogP) is 3.63. The van der Waals surface area contributed by atoms with E-state index in [4.69, 9.17) is 23.8 Å². The van der Waals surface area contributed by atoms with Gasteiger partial charge in [-0.1, -0.05) is 47.6 Å². The van der Waals surface area contributed by atoms with E-state index in [1.807, 2.05) is 42.5 Å². The Hall–Kier alpha value is -4.53. The number of benzene rings is 3. The van der Waals surface area contributed by atoms with Crippen LogP contribution < -0.4 is 19.5 Å². The van der Waals surface area contributed by atoms with E-state index in [1.54, 1.807) is 38.5 Å². The van der Waals surface area contributed by atoms with Gasteiger partial charge in [0, 0.05) is 6.42 Å². The van der Waals surface area contributed by atoms with E-state index in [-0.39, 0.29) is 12.1 Å². The summed E-state index contributed by atoms with van der Waals surface area (Å²) in [6.45, 7) is 0. The Balaban J connectivity index is 1.86. The number of esters is 1. The molecule has 37 heavy (non-hydrogen) atoms. The molecular weight excluding hydrogens is 476 g/mol. The highest BCUT2D eigenvalue weighted by Crippen LogP contribution is 2.38. The number of para-hydroxylation sites is 1. The molecule has 0 aromatic heterocycles. The number of amides is 1. The van der Waals surface area contributed by atoms with E-state index in [1.165, 1.54) is 21.3 Å². The van der Waals surface area contributed by atoms with Gasteiger partial charge in [0.15, 0.2) is 5.71 Å². The van der Waals surface area contributed by atoms with Crippen molar-refractivity contribution in [2.45, 2.75) is 12.5 Å². The molecule has 0 saturated heterocycles. The van der Waals surface area contributed by atoms with Gasteiger partial charge in [0.1, 0.15) is 30.4 Å². The fourth-order valence-corrected chi connectivity index (χ4v) is 3.89. The van der Waals surface area contributed by atoms with Crippen LogP contribution in [0.3, 0.4) is 0 Å². The van der Waals surface area contributed by atoms with Crippen LogP contribution >= 0.6 is 0 Å². The standard InChI is InChI=1S/C28H30N2O7/c1-33-22-10-7-6-9-20(22)26(30-37-5)27(31)29-21(28(32)36-4)17-18-13-15-19(16-14-18)25-23(34-2)11-8-12-24(25)35-3/h6-16,21H,17H2,1-5H3,(H,29,31)/t21-/m0/s1. The number of carbonyl (C=O) groups excluding carboxylic acids is 2. The van der Waals surface area contributed by atoms with Crippen molar-refractivity contribution in [1.82, 2.24) is 5.32 Å². The Bertz CT molecular complexity index is 1230. The minimum absolute atomic E-state index is 0.0348. The first-order valence-electron chi connectivity index (χ1n) is 11.4. The maximum absolute atomic E-state index is 13.2. The summed E-state index contributed by atoms with van der Waals surface area (Å²) in [5.74, 6) is 0.573.